The molecular formula is C13H16ClNO3S. The Morgan fingerprint density at radius 2 is 2.32 bits per heavy atom. The van der Waals surface area contributed by atoms with Gasteiger partial charge in [-0.25, -0.2) is 0 Å². The van der Waals surface area contributed by atoms with Crippen LogP contribution < -0.4 is 0 Å². The smallest absolute Gasteiger partial charge is 0.233 e. The zero-order valence-corrected chi connectivity index (χ0v) is 12.0. The summed E-state index contributed by atoms with van der Waals surface area (Å²) in [5, 5.41) is 9.89. The Labute approximate surface area is 121 Å². The number of hydrogen-bond acceptors (Lipinski definition) is 4. The van der Waals surface area contributed by atoms with E-state index in [0.717, 1.165) is 4.90 Å². The van der Waals surface area contributed by atoms with Gasteiger partial charge < -0.3 is 14.7 Å². The van der Waals surface area contributed by atoms with Gasteiger partial charge in [-0.3, -0.25) is 4.79 Å². The third-order valence-corrected chi connectivity index (χ3v) is 4.45. The summed E-state index contributed by atoms with van der Waals surface area (Å²) in [6.07, 6.45) is 0. The summed E-state index contributed by atoms with van der Waals surface area (Å²) in [7, 11) is 0. The molecule has 1 N–H and O–H groups in total. The van der Waals surface area contributed by atoms with E-state index in [1.54, 1.807) is 11.0 Å². The lowest BCUT2D eigenvalue weighted by Crippen LogP contribution is -2.51. The normalized spacial score (nSPS) is 19.5. The van der Waals surface area contributed by atoms with Crippen molar-refractivity contribution < 1.29 is 14.6 Å². The maximum absolute atomic E-state index is 12.1. The molecule has 1 aromatic rings. The topological polar surface area (TPSA) is 49.8 Å². The summed E-state index contributed by atoms with van der Waals surface area (Å²) in [6.45, 7) is 1.40. The Bertz CT molecular complexity index is 444. The first-order valence-electron chi connectivity index (χ1n) is 6.07. The fourth-order valence-corrected chi connectivity index (χ4v) is 3.04. The quantitative estimate of drug-likeness (QED) is 0.859. The van der Waals surface area contributed by atoms with Crippen molar-refractivity contribution in [2.45, 2.75) is 10.9 Å². The van der Waals surface area contributed by atoms with Crippen molar-refractivity contribution in [1.82, 2.24) is 4.90 Å². The van der Waals surface area contributed by atoms with Gasteiger partial charge in [0.25, 0.3) is 0 Å². The van der Waals surface area contributed by atoms with Gasteiger partial charge in [0.2, 0.25) is 5.91 Å². The van der Waals surface area contributed by atoms with E-state index in [1.165, 1.54) is 11.8 Å². The van der Waals surface area contributed by atoms with E-state index in [9.17, 15) is 9.90 Å². The molecule has 19 heavy (non-hydrogen) atoms. The Morgan fingerprint density at radius 3 is 3.05 bits per heavy atom. The van der Waals surface area contributed by atoms with Crippen LogP contribution >= 0.6 is 23.4 Å². The van der Waals surface area contributed by atoms with Crippen LogP contribution in [0.5, 0.6) is 0 Å². The van der Waals surface area contributed by atoms with Crippen molar-refractivity contribution in [3.05, 3.63) is 29.3 Å². The van der Waals surface area contributed by atoms with Crippen molar-refractivity contribution in [2.24, 2.45) is 0 Å². The molecule has 0 aromatic heterocycles. The molecule has 0 saturated carbocycles. The van der Waals surface area contributed by atoms with Crippen LogP contribution in [0.3, 0.4) is 0 Å². The highest BCUT2D eigenvalue weighted by atomic mass is 35.5. The second kappa shape index (κ2) is 7.14. The van der Waals surface area contributed by atoms with Gasteiger partial charge in [-0.2, -0.15) is 0 Å². The van der Waals surface area contributed by atoms with Crippen molar-refractivity contribution in [3.8, 4) is 0 Å². The number of amides is 1. The third-order valence-electron chi connectivity index (χ3n) is 2.95. The lowest BCUT2D eigenvalue weighted by atomic mass is 10.2. The molecule has 1 aliphatic heterocycles. The molecule has 1 aromatic carbocycles. The van der Waals surface area contributed by atoms with E-state index >= 15 is 0 Å². The maximum Gasteiger partial charge on any atom is 0.233 e. The number of carbonyl (C=O) groups excluding carboxylic acids is 1. The number of hydrogen-bond donors (Lipinski definition) is 1. The lowest BCUT2D eigenvalue weighted by molar-refractivity contribution is -0.138. The van der Waals surface area contributed by atoms with E-state index in [4.69, 9.17) is 16.3 Å². The fraction of sp³-hybridized carbons (Fsp3) is 0.462. The van der Waals surface area contributed by atoms with Crippen LogP contribution in [0.1, 0.15) is 0 Å². The molecule has 1 amide bonds. The first-order chi connectivity index (χ1) is 9.22. The van der Waals surface area contributed by atoms with Crippen molar-refractivity contribution in [3.63, 3.8) is 0 Å². The number of morpholine rings is 1. The van der Waals surface area contributed by atoms with Gasteiger partial charge in [0.05, 0.1) is 36.6 Å². The molecule has 1 heterocycles. The molecule has 2 rings (SSSR count). The van der Waals surface area contributed by atoms with E-state index in [-0.39, 0.29) is 18.6 Å². The van der Waals surface area contributed by atoms with Gasteiger partial charge in [-0.05, 0) is 12.1 Å². The molecule has 1 fully saturated rings. The van der Waals surface area contributed by atoms with Crippen LogP contribution in [0, 0.1) is 0 Å². The molecule has 1 saturated heterocycles. The molecule has 1 unspecified atom stereocenters. The zero-order chi connectivity index (χ0) is 13.7. The summed E-state index contributed by atoms with van der Waals surface area (Å²) in [6, 6.07) is 7.22. The van der Waals surface area contributed by atoms with E-state index < -0.39 is 0 Å². The highest BCUT2D eigenvalue weighted by Crippen LogP contribution is 2.27. The molecule has 0 bridgehead atoms. The van der Waals surface area contributed by atoms with Gasteiger partial charge in [-0.1, -0.05) is 23.7 Å². The van der Waals surface area contributed by atoms with E-state index in [1.807, 2.05) is 18.2 Å². The number of benzene rings is 1. The van der Waals surface area contributed by atoms with E-state index in [2.05, 4.69) is 0 Å². The summed E-state index contributed by atoms with van der Waals surface area (Å²) < 4.78 is 5.25. The molecular weight excluding hydrogens is 286 g/mol. The molecule has 4 nitrogen and oxygen atoms in total. The average Bonchev–Trinajstić information content (AvgIpc) is 2.46. The van der Waals surface area contributed by atoms with Gasteiger partial charge in [0.1, 0.15) is 0 Å². The van der Waals surface area contributed by atoms with Crippen LogP contribution in [0.25, 0.3) is 0 Å². The predicted molar refractivity (Wildman–Crippen MR) is 75.6 cm³/mol. The highest BCUT2D eigenvalue weighted by Gasteiger charge is 2.26. The number of aliphatic hydroxyl groups is 1. The standard InChI is InChI=1S/C13H16ClNO3S/c14-11-3-1-2-4-12(11)19-9-13(17)15-5-6-18-8-10(15)7-16/h1-4,10,16H,5-9H2. The van der Waals surface area contributed by atoms with Crippen LogP contribution in [-0.2, 0) is 9.53 Å². The minimum Gasteiger partial charge on any atom is -0.394 e. The predicted octanol–water partition coefficient (Wildman–Crippen LogP) is 1.65. The summed E-state index contributed by atoms with van der Waals surface area (Å²) in [4.78, 5) is 14.7. The number of carbonyl (C=O) groups is 1. The lowest BCUT2D eigenvalue weighted by Gasteiger charge is -2.34. The fourth-order valence-electron chi connectivity index (χ4n) is 1.92. The molecule has 1 aliphatic rings. The van der Waals surface area contributed by atoms with Crippen molar-refractivity contribution >= 4 is 29.3 Å². The molecule has 104 valence electrons. The van der Waals surface area contributed by atoms with E-state index in [0.29, 0.717) is 30.5 Å². The van der Waals surface area contributed by atoms with Gasteiger partial charge in [-0.15, -0.1) is 11.8 Å². The van der Waals surface area contributed by atoms with Crippen LogP contribution in [0.2, 0.25) is 5.02 Å². The summed E-state index contributed by atoms with van der Waals surface area (Å²) >= 11 is 7.46. The molecule has 0 radical (unpaired) electrons. The summed E-state index contributed by atoms with van der Waals surface area (Å²) in [5.74, 6) is 0.326. The zero-order valence-electron chi connectivity index (χ0n) is 10.4. The minimum atomic E-state index is -0.229. The molecule has 0 aliphatic carbocycles. The second-order valence-corrected chi connectivity index (χ2v) is 5.64. The number of nitrogens with zero attached hydrogens (tertiary/aromatic N) is 1. The molecule has 6 heteroatoms. The van der Waals surface area contributed by atoms with Crippen molar-refractivity contribution in [1.29, 1.82) is 0 Å². The number of halogens is 1. The third kappa shape index (κ3) is 3.86. The van der Waals surface area contributed by atoms with Gasteiger partial charge >= 0.3 is 0 Å². The van der Waals surface area contributed by atoms with Crippen molar-refractivity contribution in [2.75, 3.05) is 32.1 Å². The Hall–Kier alpha value is -0.750. The second-order valence-electron chi connectivity index (χ2n) is 4.22. The maximum atomic E-state index is 12.1. The van der Waals surface area contributed by atoms with Crippen LogP contribution in [0.4, 0.5) is 0 Å². The number of ether oxygens (including phenoxy) is 1. The number of thioether (sulfide) groups is 1. The van der Waals surface area contributed by atoms with Crippen LogP contribution in [-0.4, -0.2) is 54.1 Å². The Morgan fingerprint density at radius 1 is 1.53 bits per heavy atom. The SMILES string of the molecule is O=C(CSc1ccccc1Cl)N1CCOCC1CO. The largest absolute Gasteiger partial charge is 0.394 e. The molecule has 0 spiro atoms. The number of rotatable bonds is 4. The highest BCUT2D eigenvalue weighted by molar-refractivity contribution is 8.00. The average molecular weight is 302 g/mol. The van der Waals surface area contributed by atoms with Crippen LogP contribution in [0.15, 0.2) is 29.2 Å². The first-order valence-corrected chi connectivity index (χ1v) is 7.44. The van der Waals surface area contributed by atoms with Gasteiger partial charge in [0.15, 0.2) is 0 Å². The molecule has 1 atom stereocenters. The summed E-state index contributed by atoms with van der Waals surface area (Å²) in [5.41, 5.74) is 0. The minimum absolute atomic E-state index is 0.00673. The van der Waals surface area contributed by atoms with Gasteiger partial charge in [0, 0.05) is 11.4 Å². The Kier molecular flexibility index (Phi) is 5.51. The monoisotopic (exact) mass is 301 g/mol. The number of aliphatic hydroxyl groups excluding tert-OH is 1. The Balaban J connectivity index is 1.92. The first kappa shape index (κ1) is 14.7.